The first-order valence-corrected chi connectivity index (χ1v) is 11.3. The van der Waals surface area contributed by atoms with Gasteiger partial charge in [0.2, 0.25) is 0 Å². The monoisotopic (exact) mass is 456 g/mol. The third-order valence-corrected chi connectivity index (χ3v) is 5.81. The standard InChI is InChI=1S/C18H20N2O8S2/c1-11(15-9-13(29(23,24)25)3-5-17(15)21)19-7-8-20-12(2)16-10-14(30(26,27)28)4-6-18(16)22/h3-6,9-10,21-22H,7-8H2,1-2H3,(H,23,24,25)(H,26,27,28). The average Bonchev–Trinajstić information content (AvgIpc) is 2.63. The summed E-state index contributed by atoms with van der Waals surface area (Å²) in [4.78, 5) is 7.63. The van der Waals surface area contributed by atoms with Crippen molar-refractivity contribution in [2.24, 2.45) is 9.98 Å². The van der Waals surface area contributed by atoms with Gasteiger partial charge >= 0.3 is 0 Å². The zero-order chi connectivity index (χ0) is 22.7. The van der Waals surface area contributed by atoms with Crippen LogP contribution in [0.2, 0.25) is 0 Å². The van der Waals surface area contributed by atoms with Crippen molar-refractivity contribution in [1.82, 2.24) is 0 Å². The first-order chi connectivity index (χ1) is 13.8. The first-order valence-electron chi connectivity index (χ1n) is 8.44. The molecule has 0 atom stereocenters. The van der Waals surface area contributed by atoms with Gasteiger partial charge in [-0.2, -0.15) is 16.8 Å². The molecule has 0 aliphatic heterocycles. The molecule has 0 radical (unpaired) electrons. The van der Waals surface area contributed by atoms with E-state index >= 15 is 0 Å². The predicted molar refractivity (Wildman–Crippen MR) is 110 cm³/mol. The van der Waals surface area contributed by atoms with Gasteiger partial charge in [0.25, 0.3) is 20.2 Å². The second-order valence-corrected chi connectivity index (χ2v) is 9.09. The highest BCUT2D eigenvalue weighted by molar-refractivity contribution is 7.86. The summed E-state index contributed by atoms with van der Waals surface area (Å²) in [6, 6.07) is 6.56. The number of rotatable bonds is 7. The van der Waals surface area contributed by atoms with E-state index in [9.17, 15) is 27.0 Å². The van der Waals surface area contributed by atoms with E-state index < -0.39 is 20.2 Å². The van der Waals surface area contributed by atoms with Gasteiger partial charge < -0.3 is 10.2 Å². The van der Waals surface area contributed by atoms with Crippen LogP contribution in [-0.4, -0.2) is 60.7 Å². The Morgan fingerprint density at radius 1 is 0.733 bits per heavy atom. The van der Waals surface area contributed by atoms with Crippen LogP contribution in [-0.2, 0) is 20.2 Å². The van der Waals surface area contributed by atoms with Gasteiger partial charge in [-0.25, -0.2) is 0 Å². The van der Waals surface area contributed by atoms with E-state index in [4.69, 9.17) is 9.11 Å². The highest BCUT2D eigenvalue weighted by Gasteiger charge is 2.15. The van der Waals surface area contributed by atoms with E-state index in [-0.39, 0.29) is 45.5 Å². The van der Waals surface area contributed by atoms with Crippen LogP contribution in [0.4, 0.5) is 0 Å². The molecule has 0 saturated carbocycles. The number of nitrogens with zero attached hydrogens (tertiary/aromatic N) is 2. The molecule has 0 aliphatic rings. The SMILES string of the molecule is CC(=NCCN=C(C)c1cc(S(=O)(=O)O)ccc1O)c1cc(S(=O)(=O)O)ccc1O. The topological polar surface area (TPSA) is 174 Å². The molecule has 4 N–H and O–H groups in total. The molecule has 10 nitrogen and oxygen atoms in total. The number of benzene rings is 2. The predicted octanol–water partition coefficient (Wildman–Crippen LogP) is 1.91. The normalized spacial score (nSPS) is 13.5. The maximum absolute atomic E-state index is 11.2. The number of phenols is 2. The van der Waals surface area contributed by atoms with Crippen molar-refractivity contribution in [2.75, 3.05) is 13.1 Å². The van der Waals surface area contributed by atoms with E-state index in [0.717, 1.165) is 36.4 Å². The Morgan fingerprint density at radius 2 is 1.07 bits per heavy atom. The summed E-state index contributed by atoms with van der Waals surface area (Å²) in [5.41, 5.74) is 0.873. The van der Waals surface area contributed by atoms with Crippen LogP contribution in [0, 0.1) is 0 Å². The molecule has 0 unspecified atom stereocenters. The van der Waals surface area contributed by atoms with Gasteiger partial charge in [-0.05, 0) is 50.2 Å². The fourth-order valence-electron chi connectivity index (χ4n) is 2.54. The fraction of sp³-hybridized carbons (Fsp3) is 0.222. The van der Waals surface area contributed by atoms with Crippen molar-refractivity contribution in [3.8, 4) is 11.5 Å². The third kappa shape index (κ3) is 5.86. The van der Waals surface area contributed by atoms with Gasteiger partial charge in [-0.1, -0.05) is 0 Å². The van der Waals surface area contributed by atoms with Crippen molar-refractivity contribution < 1.29 is 36.2 Å². The highest BCUT2D eigenvalue weighted by atomic mass is 32.2. The highest BCUT2D eigenvalue weighted by Crippen LogP contribution is 2.23. The molecule has 0 bridgehead atoms. The summed E-state index contributed by atoms with van der Waals surface area (Å²) in [7, 11) is -8.87. The molecule has 0 saturated heterocycles. The molecule has 0 aromatic heterocycles. The number of aliphatic imine (C=N–C) groups is 2. The van der Waals surface area contributed by atoms with Crippen LogP contribution in [0.1, 0.15) is 25.0 Å². The van der Waals surface area contributed by atoms with E-state index in [1.165, 1.54) is 0 Å². The largest absolute Gasteiger partial charge is 0.507 e. The maximum Gasteiger partial charge on any atom is 0.294 e. The van der Waals surface area contributed by atoms with Gasteiger partial charge in [0.1, 0.15) is 11.5 Å². The Bertz CT molecular complexity index is 1140. The number of hydrogen-bond acceptors (Lipinski definition) is 8. The Morgan fingerprint density at radius 3 is 1.37 bits per heavy atom. The Labute approximate surface area is 173 Å². The molecule has 0 spiro atoms. The zero-order valence-corrected chi connectivity index (χ0v) is 17.6. The lowest BCUT2D eigenvalue weighted by Crippen LogP contribution is -2.05. The summed E-state index contributed by atoms with van der Waals surface area (Å²) in [5, 5.41) is 19.8. The number of phenolic OH excluding ortho intramolecular Hbond substituents is 2. The van der Waals surface area contributed by atoms with E-state index in [1.807, 2.05) is 0 Å². The molecule has 0 heterocycles. The second-order valence-electron chi connectivity index (χ2n) is 6.24. The average molecular weight is 456 g/mol. The van der Waals surface area contributed by atoms with Gasteiger partial charge in [-0.3, -0.25) is 19.1 Å². The summed E-state index contributed by atoms with van der Waals surface area (Å²) in [6.07, 6.45) is 0. The summed E-state index contributed by atoms with van der Waals surface area (Å²) in [6.45, 7) is 3.36. The minimum Gasteiger partial charge on any atom is -0.507 e. The van der Waals surface area contributed by atoms with Crippen LogP contribution < -0.4 is 0 Å². The smallest absolute Gasteiger partial charge is 0.294 e. The Hall–Kier alpha value is -2.80. The molecule has 12 heteroatoms. The van der Waals surface area contributed by atoms with Crippen LogP contribution >= 0.6 is 0 Å². The number of aromatic hydroxyl groups is 2. The minimum absolute atomic E-state index is 0.129. The van der Waals surface area contributed by atoms with Crippen molar-refractivity contribution >= 4 is 31.7 Å². The van der Waals surface area contributed by atoms with Crippen LogP contribution in [0.3, 0.4) is 0 Å². The van der Waals surface area contributed by atoms with Gasteiger partial charge in [0.15, 0.2) is 0 Å². The molecule has 2 rings (SSSR count). The lowest BCUT2D eigenvalue weighted by Gasteiger charge is -2.07. The molecular weight excluding hydrogens is 436 g/mol. The van der Waals surface area contributed by atoms with Crippen molar-refractivity contribution in [2.45, 2.75) is 23.6 Å². The van der Waals surface area contributed by atoms with Gasteiger partial charge in [0.05, 0.1) is 22.9 Å². The van der Waals surface area contributed by atoms with E-state index in [0.29, 0.717) is 11.4 Å². The second kappa shape index (κ2) is 8.92. The van der Waals surface area contributed by atoms with Crippen molar-refractivity contribution in [1.29, 1.82) is 0 Å². The fourth-order valence-corrected chi connectivity index (χ4v) is 3.55. The third-order valence-electron chi connectivity index (χ3n) is 4.11. The summed E-state index contributed by atoms with van der Waals surface area (Å²) in [5.74, 6) is -0.425. The van der Waals surface area contributed by atoms with E-state index in [2.05, 4.69) is 9.98 Å². The molecule has 2 aromatic rings. The Kier molecular flexibility index (Phi) is 6.98. The molecule has 0 aliphatic carbocycles. The minimum atomic E-state index is -4.43. The van der Waals surface area contributed by atoms with Crippen molar-refractivity contribution in [3.05, 3.63) is 47.5 Å². The Balaban J connectivity index is 2.19. The van der Waals surface area contributed by atoms with Crippen molar-refractivity contribution in [3.63, 3.8) is 0 Å². The van der Waals surface area contributed by atoms with Crippen LogP contribution in [0.15, 0.2) is 56.2 Å². The first kappa shape index (κ1) is 23.5. The van der Waals surface area contributed by atoms with Gasteiger partial charge in [-0.15, -0.1) is 0 Å². The summed E-state index contributed by atoms with van der Waals surface area (Å²) >= 11 is 0. The maximum atomic E-state index is 11.2. The quantitative estimate of drug-likeness (QED) is 0.278. The van der Waals surface area contributed by atoms with Gasteiger partial charge in [0, 0.05) is 22.6 Å². The molecule has 0 amide bonds. The van der Waals surface area contributed by atoms with Crippen LogP contribution in [0.5, 0.6) is 11.5 Å². The molecular formula is C18H20N2O8S2. The van der Waals surface area contributed by atoms with E-state index in [1.54, 1.807) is 13.8 Å². The molecule has 2 aromatic carbocycles. The lowest BCUT2D eigenvalue weighted by molar-refractivity contribution is 0.470. The summed E-state index contributed by atoms with van der Waals surface area (Å²) < 4.78 is 63.2. The molecule has 30 heavy (non-hydrogen) atoms. The van der Waals surface area contributed by atoms with Crippen LogP contribution in [0.25, 0.3) is 0 Å². The lowest BCUT2D eigenvalue weighted by atomic mass is 10.1. The molecule has 162 valence electrons. The number of hydrogen-bond donors (Lipinski definition) is 4. The zero-order valence-electron chi connectivity index (χ0n) is 16.0. The molecule has 0 fully saturated rings.